The van der Waals surface area contributed by atoms with E-state index in [1.54, 1.807) is 0 Å². The molecule has 3 heteroatoms. The van der Waals surface area contributed by atoms with Crippen LogP contribution in [0, 0.1) is 6.92 Å². The monoisotopic (exact) mass is 252 g/mol. The Balaban J connectivity index is 2.79. The highest BCUT2D eigenvalue weighted by atomic mass is 28.4. The van der Waals surface area contributed by atoms with Crippen molar-refractivity contribution in [1.29, 1.82) is 0 Å². The fraction of sp³-hybridized carbons (Fsp3) is 0.571. The normalized spacial score (nSPS) is 14.8. The van der Waals surface area contributed by atoms with Gasteiger partial charge in [0.05, 0.1) is 0 Å². The summed E-state index contributed by atoms with van der Waals surface area (Å²) in [5.41, 5.74) is 2.02. The van der Waals surface area contributed by atoms with Crippen LogP contribution < -0.4 is 0 Å². The predicted molar refractivity (Wildman–Crippen MR) is 74.4 cm³/mol. The number of hydrogen-bond acceptors (Lipinski definition) is 2. The third-order valence-electron chi connectivity index (χ3n) is 3.57. The lowest BCUT2D eigenvalue weighted by atomic mass is 10.1. The molecule has 17 heavy (non-hydrogen) atoms. The second-order valence-corrected chi connectivity index (χ2v) is 10.9. The van der Waals surface area contributed by atoms with Gasteiger partial charge in [0.2, 0.25) is 0 Å². The molecule has 0 saturated heterocycles. The molecule has 0 amide bonds. The van der Waals surface area contributed by atoms with Crippen molar-refractivity contribution in [2.75, 3.05) is 0 Å². The Morgan fingerprint density at radius 1 is 1.12 bits per heavy atom. The van der Waals surface area contributed by atoms with Gasteiger partial charge in [-0.1, -0.05) is 50.6 Å². The Kier molecular flexibility index (Phi) is 4.18. The maximum atomic E-state index is 10.1. The third kappa shape index (κ3) is 3.66. The third-order valence-corrected chi connectivity index (χ3v) is 8.00. The van der Waals surface area contributed by atoms with Crippen molar-refractivity contribution in [3.8, 4) is 0 Å². The molecule has 0 aliphatic rings. The van der Waals surface area contributed by atoms with Gasteiger partial charge < -0.3 is 9.53 Å². The average Bonchev–Trinajstić information content (AvgIpc) is 2.16. The van der Waals surface area contributed by atoms with E-state index in [-0.39, 0.29) is 5.04 Å². The van der Waals surface area contributed by atoms with Gasteiger partial charge in [-0.05, 0) is 25.1 Å². The summed E-state index contributed by atoms with van der Waals surface area (Å²) in [6.45, 7) is 12.8. The van der Waals surface area contributed by atoms with E-state index < -0.39 is 14.6 Å². The largest absolute Gasteiger partial charge is 0.389 e. The van der Waals surface area contributed by atoms with Gasteiger partial charge >= 0.3 is 0 Å². The Morgan fingerprint density at radius 3 is 2.00 bits per heavy atom. The van der Waals surface area contributed by atoms with E-state index in [4.69, 9.17) is 4.43 Å². The summed E-state index contributed by atoms with van der Waals surface area (Å²) in [7, 11) is -1.91. The minimum atomic E-state index is -1.91. The number of benzene rings is 1. The van der Waals surface area contributed by atoms with Crippen LogP contribution in [-0.4, -0.2) is 13.4 Å². The zero-order chi connectivity index (χ0) is 13.3. The molecule has 0 radical (unpaired) electrons. The van der Waals surface area contributed by atoms with Crippen molar-refractivity contribution < 1.29 is 9.53 Å². The molecule has 0 spiro atoms. The van der Waals surface area contributed by atoms with Gasteiger partial charge in [0, 0.05) is 5.56 Å². The van der Waals surface area contributed by atoms with E-state index in [2.05, 4.69) is 33.9 Å². The van der Waals surface area contributed by atoms with Crippen LogP contribution in [-0.2, 0) is 4.43 Å². The minimum Gasteiger partial charge on any atom is -0.389 e. The first-order valence-electron chi connectivity index (χ1n) is 6.06. The second-order valence-electron chi connectivity index (χ2n) is 6.14. The Labute approximate surface area is 106 Å². The van der Waals surface area contributed by atoms with Crippen LogP contribution in [0.1, 0.15) is 38.2 Å². The van der Waals surface area contributed by atoms with Crippen molar-refractivity contribution in [3.63, 3.8) is 0 Å². The molecular weight excluding hydrogens is 228 g/mol. The molecule has 0 saturated carbocycles. The zero-order valence-electron chi connectivity index (χ0n) is 11.7. The average molecular weight is 252 g/mol. The van der Waals surface area contributed by atoms with Crippen molar-refractivity contribution in [3.05, 3.63) is 35.4 Å². The fourth-order valence-electron chi connectivity index (χ4n) is 1.25. The summed E-state index contributed by atoms with van der Waals surface area (Å²) in [5.74, 6) is 0. The molecule has 0 heterocycles. The summed E-state index contributed by atoms with van der Waals surface area (Å²) < 4.78 is 5.92. The van der Waals surface area contributed by atoms with E-state index in [0.29, 0.717) is 0 Å². The van der Waals surface area contributed by atoms with Gasteiger partial charge in [-0.3, -0.25) is 0 Å². The quantitative estimate of drug-likeness (QED) is 0.650. The predicted octanol–water partition coefficient (Wildman–Crippen LogP) is 4.01. The first-order valence-corrected chi connectivity index (χ1v) is 8.97. The van der Waals surface area contributed by atoms with E-state index in [0.717, 1.165) is 5.56 Å². The van der Waals surface area contributed by atoms with E-state index in [1.807, 2.05) is 31.2 Å². The SMILES string of the molecule is Cc1ccc(C(O)O[Si](C)(C)C(C)(C)C)cc1. The number of aliphatic hydroxyl groups excluding tert-OH is 1. The van der Waals surface area contributed by atoms with Crippen LogP contribution in [0.15, 0.2) is 24.3 Å². The molecule has 1 unspecified atom stereocenters. The van der Waals surface area contributed by atoms with Gasteiger partial charge in [0.25, 0.3) is 0 Å². The van der Waals surface area contributed by atoms with Crippen molar-refractivity contribution in [2.24, 2.45) is 0 Å². The maximum absolute atomic E-state index is 10.1. The molecule has 1 aromatic carbocycles. The summed E-state index contributed by atoms with van der Waals surface area (Å²) >= 11 is 0. The van der Waals surface area contributed by atoms with Crippen LogP contribution in [0.4, 0.5) is 0 Å². The van der Waals surface area contributed by atoms with Gasteiger partial charge in [-0.2, -0.15) is 0 Å². The molecule has 0 bridgehead atoms. The molecule has 1 N–H and O–H groups in total. The highest BCUT2D eigenvalue weighted by molar-refractivity contribution is 6.74. The smallest absolute Gasteiger partial charge is 0.195 e. The highest BCUT2D eigenvalue weighted by Crippen LogP contribution is 2.39. The summed E-state index contributed by atoms with van der Waals surface area (Å²) in [6, 6.07) is 7.83. The van der Waals surface area contributed by atoms with Crippen molar-refractivity contribution in [1.82, 2.24) is 0 Å². The number of hydrogen-bond donors (Lipinski definition) is 1. The van der Waals surface area contributed by atoms with Crippen molar-refractivity contribution >= 4 is 8.32 Å². The van der Waals surface area contributed by atoms with Crippen LogP contribution in [0.25, 0.3) is 0 Å². The number of aryl methyl sites for hydroxylation is 1. The Hall–Kier alpha value is -0.643. The van der Waals surface area contributed by atoms with Gasteiger partial charge in [-0.25, -0.2) is 0 Å². The molecule has 0 aliphatic heterocycles. The van der Waals surface area contributed by atoms with Crippen LogP contribution in [0.3, 0.4) is 0 Å². The fourth-order valence-corrected chi connectivity index (χ4v) is 2.30. The maximum Gasteiger partial charge on any atom is 0.195 e. The Bertz CT molecular complexity index is 363. The Morgan fingerprint density at radius 2 is 1.59 bits per heavy atom. The molecule has 96 valence electrons. The second kappa shape index (κ2) is 4.92. The minimum absolute atomic E-state index is 0.110. The van der Waals surface area contributed by atoms with Gasteiger partial charge in [0.15, 0.2) is 14.6 Å². The van der Waals surface area contributed by atoms with E-state index in [1.165, 1.54) is 5.56 Å². The molecular formula is C14H24O2Si. The topological polar surface area (TPSA) is 29.5 Å². The summed E-state index contributed by atoms with van der Waals surface area (Å²) in [5, 5.41) is 10.2. The molecule has 0 aromatic heterocycles. The molecule has 1 aromatic rings. The first kappa shape index (κ1) is 14.4. The molecule has 1 atom stereocenters. The lowest BCUT2D eigenvalue weighted by molar-refractivity contribution is -0.0306. The summed E-state index contributed by atoms with van der Waals surface area (Å²) in [6.07, 6.45) is -0.809. The molecule has 2 nitrogen and oxygen atoms in total. The number of rotatable bonds is 3. The standard InChI is InChI=1S/C14H24O2Si/c1-11-7-9-12(10-8-11)13(15)16-17(5,6)14(2,3)4/h7-10,13,15H,1-6H3. The van der Waals surface area contributed by atoms with Gasteiger partial charge in [0.1, 0.15) is 0 Å². The van der Waals surface area contributed by atoms with Crippen LogP contribution in [0.2, 0.25) is 18.1 Å². The zero-order valence-corrected chi connectivity index (χ0v) is 12.7. The highest BCUT2D eigenvalue weighted by Gasteiger charge is 2.39. The lowest BCUT2D eigenvalue weighted by Crippen LogP contribution is -2.41. The van der Waals surface area contributed by atoms with Gasteiger partial charge in [-0.15, -0.1) is 0 Å². The van der Waals surface area contributed by atoms with E-state index >= 15 is 0 Å². The first-order chi connectivity index (χ1) is 7.63. The molecule has 1 rings (SSSR count). The van der Waals surface area contributed by atoms with Crippen molar-refractivity contribution in [2.45, 2.75) is 52.1 Å². The lowest BCUT2D eigenvalue weighted by Gasteiger charge is -2.37. The summed E-state index contributed by atoms with van der Waals surface area (Å²) in [4.78, 5) is 0. The number of aliphatic hydroxyl groups is 1. The molecule has 0 fully saturated rings. The van der Waals surface area contributed by atoms with Crippen LogP contribution in [0.5, 0.6) is 0 Å². The van der Waals surface area contributed by atoms with E-state index in [9.17, 15) is 5.11 Å². The van der Waals surface area contributed by atoms with Crippen LogP contribution >= 0.6 is 0 Å². The molecule has 0 aliphatic carbocycles.